The highest BCUT2D eigenvalue weighted by Gasteiger charge is 2.13. The minimum Gasteiger partial charge on any atom is -0.491 e. The zero-order valence-electron chi connectivity index (χ0n) is 13.2. The molecule has 1 N–H and O–H groups in total. The quantitative estimate of drug-likeness (QED) is 0.818. The van der Waals surface area contributed by atoms with Crippen LogP contribution in [0.5, 0.6) is 5.75 Å². The topological polar surface area (TPSA) is 21.3 Å². The van der Waals surface area contributed by atoms with E-state index in [1.54, 1.807) is 0 Å². The molecule has 2 aromatic rings. The van der Waals surface area contributed by atoms with Gasteiger partial charge < -0.3 is 10.1 Å². The second-order valence-electron chi connectivity index (χ2n) is 5.24. The zero-order chi connectivity index (χ0) is 15.1. The van der Waals surface area contributed by atoms with Crippen molar-refractivity contribution in [2.45, 2.75) is 33.2 Å². The third-order valence-electron chi connectivity index (χ3n) is 3.77. The van der Waals surface area contributed by atoms with Crippen molar-refractivity contribution >= 4 is 0 Å². The van der Waals surface area contributed by atoms with E-state index < -0.39 is 0 Å². The molecule has 112 valence electrons. The number of nitrogens with one attached hydrogen (secondary N) is 1. The van der Waals surface area contributed by atoms with E-state index in [1.165, 1.54) is 16.7 Å². The Hall–Kier alpha value is -1.80. The highest BCUT2D eigenvalue weighted by Crippen LogP contribution is 2.22. The molecule has 0 aromatic heterocycles. The molecule has 0 fully saturated rings. The Morgan fingerprint density at radius 2 is 1.71 bits per heavy atom. The molecule has 0 bridgehead atoms. The molecule has 0 aliphatic rings. The van der Waals surface area contributed by atoms with Gasteiger partial charge in [-0.3, -0.25) is 0 Å². The van der Waals surface area contributed by atoms with Gasteiger partial charge >= 0.3 is 0 Å². The number of hydrogen-bond donors (Lipinski definition) is 1. The van der Waals surface area contributed by atoms with Crippen LogP contribution in [0.1, 0.15) is 36.6 Å². The van der Waals surface area contributed by atoms with Gasteiger partial charge in [0.2, 0.25) is 0 Å². The van der Waals surface area contributed by atoms with E-state index in [2.05, 4.69) is 68.6 Å². The van der Waals surface area contributed by atoms with Gasteiger partial charge in [-0.2, -0.15) is 0 Å². The number of rotatable bonds is 7. The standard InChI is InChI=1S/C19H25NO/c1-4-16-11-7-9-13-19(16)21-14-18(20-5-2)17-12-8-6-10-15(17)3/h6-13,18,20H,4-5,14H2,1-3H3. The lowest BCUT2D eigenvalue weighted by molar-refractivity contribution is 0.265. The van der Waals surface area contributed by atoms with Crippen LogP contribution in [0, 0.1) is 6.92 Å². The molecule has 0 amide bonds. The second-order valence-corrected chi connectivity index (χ2v) is 5.24. The van der Waals surface area contributed by atoms with Gasteiger partial charge in [-0.05, 0) is 42.6 Å². The Labute approximate surface area is 128 Å². The summed E-state index contributed by atoms with van der Waals surface area (Å²) in [5, 5.41) is 3.52. The Kier molecular flexibility index (Phi) is 5.82. The largest absolute Gasteiger partial charge is 0.491 e. The van der Waals surface area contributed by atoms with Gasteiger partial charge in [-0.1, -0.05) is 56.3 Å². The van der Waals surface area contributed by atoms with E-state index >= 15 is 0 Å². The molecular weight excluding hydrogens is 258 g/mol. The van der Waals surface area contributed by atoms with Gasteiger partial charge in [0, 0.05) is 0 Å². The Balaban J connectivity index is 2.12. The first-order chi connectivity index (χ1) is 10.3. The summed E-state index contributed by atoms with van der Waals surface area (Å²) >= 11 is 0. The van der Waals surface area contributed by atoms with Gasteiger partial charge in [0.15, 0.2) is 0 Å². The van der Waals surface area contributed by atoms with Crippen LogP contribution in [0.2, 0.25) is 0 Å². The van der Waals surface area contributed by atoms with Crippen molar-refractivity contribution in [2.24, 2.45) is 0 Å². The zero-order valence-corrected chi connectivity index (χ0v) is 13.2. The molecule has 0 radical (unpaired) electrons. The van der Waals surface area contributed by atoms with Crippen molar-refractivity contribution in [3.8, 4) is 5.75 Å². The average Bonchev–Trinajstić information content (AvgIpc) is 2.52. The first-order valence-corrected chi connectivity index (χ1v) is 7.75. The normalized spacial score (nSPS) is 12.1. The van der Waals surface area contributed by atoms with Gasteiger partial charge in [-0.15, -0.1) is 0 Å². The summed E-state index contributed by atoms with van der Waals surface area (Å²) < 4.78 is 6.09. The third kappa shape index (κ3) is 4.08. The second kappa shape index (κ2) is 7.84. The highest BCUT2D eigenvalue weighted by molar-refractivity contribution is 5.34. The molecule has 0 spiro atoms. The minimum absolute atomic E-state index is 0.223. The summed E-state index contributed by atoms with van der Waals surface area (Å²) in [7, 11) is 0. The summed E-state index contributed by atoms with van der Waals surface area (Å²) in [5.74, 6) is 0.997. The predicted molar refractivity (Wildman–Crippen MR) is 88.9 cm³/mol. The molecule has 0 saturated carbocycles. The van der Waals surface area contributed by atoms with Crippen molar-refractivity contribution in [1.82, 2.24) is 5.32 Å². The third-order valence-corrected chi connectivity index (χ3v) is 3.77. The smallest absolute Gasteiger partial charge is 0.122 e. The maximum absolute atomic E-state index is 6.09. The molecular formula is C19H25NO. The molecule has 2 aromatic carbocycles. The van der Waals surface area contributed by atoms with Gasteiger partial charge in [0.05, 0.1) is 6.04 Å². The van der Waals surface area contributed by atoms with E-state index in [0.717, 1.165) is 18.7 Å². The van der Waals surface area contributed by atoms with Crippen LogP contribution in [-0.2, 0) is 6.42 Å². The maximum atomic E-state index is 6.09. The van der Waals surface area contributed by atoms with Crippen molar-refractivity contribution in [2.75, 3.05) is 13.2 Å². The number of likely N-dealkylation sites (N-methyl/N-ethyl adjacent to an activating group) is 1. The minimum atomic E-state index is 0.223. The van der Waals surface area contributed by atoms with Gasteiger partial charge in [-0.25, -0.2) is 0 Å². The molecule has 0 aliphatic carbocycles. The number of hydrogen-bond acceptors (Lipinski definition) is 2. The summed E-state index contributed by atoms with van der Waals surface area (Å²) in [4.78, 5) is 0. The van der Waals surface area contributed by atoms with Crippen LogP contribution >= 0.6 is 0 Å². The average molecular weight is 283 g/mol. The van der Waals surface area contributed by atoms with E-state index in [4.69, 9.17) is 4.74 Å². The van der Waals surface area contributed by atoms with Gasteiger partial charge in [0.1, 0.15) is 12.4 Å². The molecule has 1 atom stereocenters. The number of aryl methyl sites for hydroxylation is 2. The fourth-order valence-electron chi connectivity index (χ4n) is 2.59. The number of ether oxygens (including phenoxy) is 1. The fraction of sp³-hybridized carbons (Fsp3) is 0.368. The molecule has 2 heteroatoms. The van der Waals surface area contributed by atoms with Crippen molar-refractivity contribution in [1.29, 1.82) is 0 Å². The van der Waals surface area contributed by atoms with Crippen LogP contribution in [0.25, 0.3) is 0 Å². The Bertz CT molecular complexity index is 565. The molecule has 0 aliphatic heterocycles. The van der Waals surface area contributed by atoms with Crippen molar-refractivity contribution in [3.63, 3.8) is 0 Å². The van der Waals surface area contributed by atoms with Crippen molar-refractivity contribution < 1.29 is 4.74 Å². The Morgan fingerprint density at radius 3 is 2.43 bits per heavy atom. The summed E-state index contributed by atoms with van der Waals surface area (Å²) in [6.45, 7) is 8.02. The molecule has 2 nitrogen and oxygen atoms in total. The highest BCUT2D eigenvalue weighted by atomic mass is 16.5. The molecule has 0 saturated heterocycles. The lowest BCUT2D eigenvalue weighted by Crippen LogP contribution is -2.27. The first-order valence-electron chi connectivity index (χ1n) is 7.75. The summed E-state index contributed by atoms with van der Waals surface area (Å²) in [5.41, 5.74) is 3.88. The van der Waals surface area contributed by atoms with E-state index in [-0.39, 0.29) is 6.04 Å². The van der Waals surface area contributed by atoms with E-state index in [9.17, 15) is 0 Å². The van der Waals surface area contributed by atoms with Crippen molar-refractivity contribution in [3.05, 3.63) is 65.2 Å². The SMILES string of the molecule is CCNC(COc1ccccc1CC)c1ccccc1C. The van der Waals surface area contributed by atoms with E-state index in [0.29, 0.717) is 6.61 Å². The van der Waals surface area contributed by atoms with E-state index in [1.807, 2.05) is 6.07 Å². The van der Waals surface area contributed by atoms with Crippen LogP contribution in [0.4, 0.5) is 0 Å². The first kappa shape index (κ1) is 15.6. The fourth-order valence-corrected chi connectivity index (χ4v) is 2.59. The predicted octanol–water partition coefficient (Wildman–Crippen LogP) is 4.29. The van der Waals surface area contributed by atoms with Gasteiger partial charge in [0.25, 0.3) is 0 Å². The molecule has 21 heavy (non-hydrogen) atoms. The lowest BCUT2D eigenvalue weighted by Gasteiger charge is -2.21. The number of benzene rings is 2. The molecule has 2 rings (SSSR count). The summed E-state index contributed by atoms with van der Waals surface area (Å²) in [6.07, 6.45) is 0.992. The molecule has 0 heterocycles. The van der Waals surface area contributed by atoms with Crippen LogP contribution in [-0.4, -0.2) is 13.2 Å². The Morgan fingerprint density at radius 1 is 1.00 bits per heavy atom. The lowest BCUT2D eigenvalue weighted by atomic mass is 10.0. The van der Waals surface area contributed by atoms with Crippen LogP contribution in [0.15, 0.2) is 48.5 Å². The molecule has 1 unspecified atom stereocenters. The maximum Gasteiger partial charge on any atom is 0.122 e. The summed E-state index contributed by atoms with van der Waals surface area (Å²) in [6, 6.07) is 17.0. The van der Waals surface area contributed by atoms with Crippen LogP contribution in [0.3, 0.4) is 0 Å². The van der Waals surface area contributed by atoms with Crippen LogP contribution < -0.4 is 10.1 Å². The monoisotopic (exact) mass is 283 g/mol. The number of para-hydroxylation sites is 1.